The number of hydrogen-bond acceptors (Lipinski definition) is 3. The van der Waals surface area contributed by atoms with Crippen molar-refractivity contribution in [1.82, 2.24) is 20.4 Å². The van der Waals surface area contributed by atoms with E-state index in [1.54, 1.807) is 0 Å². The smallest absolute Gasteiger partial charge is 0.251 e. The predicted octanol–water partition coefficient (Wildman–Crippen LogP) is 2.33. The van der Waals surface area contributed by atoms with Crippen LogP contribution in [0.25, 0.3) is 5.69 Å². The minimum atomic E-state index is 0. The fourth-order valence-electron chi connectivity index (χ4n) is 2.80. The Kier molecular flexibility index (Phi) is 5.80. The van der Waals surface area contributed by atoms with Gasteiger partial charge in [0, 0.05) is 17.8 Å². The first-order chi connectivity index (χ1) is 10.6. The zero-order valence-corrected chi connectivity index (χ0v) is 14.3. The maximum atomic E-state index is 12.4. The number of rotatable bonds is 3. The lowest BCUT2D eigenvalue weighted by Crippen LogP contribution is -2.48. The first-order valence-corrected chi connectivity index (χ1v) is 7.77. The highest BCUT2D eigenvalue weighted by atomic mass is 35.5. The molecule has 0 aliphatic carbocycles. The second-order valence-corrected chi connectivity index (χ2v) is 6.06. The fraction of sp³-hybridized carbons (Fsp3) is 0.412. The van der Waals surface area contributed by atoms with Crippen LogP contribution in [0.15, 0.2) is 36.7 Å². The van der Waals surface area contributed by atoms with E-state index < -0.39 is 0 Å². The van der Waals surface area contributed by atoms with Gasteiger partial charge in [-0.3, -0.25) is 4.79 Å². The van der Waals surface area contributed by atoms with Crippen molar-refractivity contribution in [3.63, 3.8) is 0 Å². The number of aryl methyl sites for hydroxylation is 1. The van der Waals surface area contributed by atoms with Crippen LogP contribution in [0.3, 0.4) is 0 Å². The Morgan fingerprint density at radius 3 is 2.70 bits per heavy atom. The molecule has 1 aliphatic rings. The van der Waals surface area contributed by atoms with Crippen molar-refractivity contribution in [3.8, 4) is 5.69 Å². The summed E-state index contributed by atoms with van der Waals surface area (Å²) in [5.74, 6) is 0.464. The third kappa shape index (κ3) is 4.12. The highest BCUT2D eigenvalue weighted by Gasteiger charge is 2.22. The number of nitrogens with zero attached hydrogens (tertiary/aromatic N) is 2. The molecule has 2 unspecified atom stereocenters. The number of carbonyl (C=O) groups excluding carboxylic acids is 1. The van der Waals surface area contributed by atoms with Gasteiger partial charge in [-0.25, -0.2) is 4.68 Å². The number of nitrogens with one attached hydrogen (secondary N) is 2. The molecule has 2 heterocycles. The van der Waals surface area contributed by atoms with Crippen LogP contribution in [0.1, 0.15) is 29.3 Å². The van der Waals surface area contributed by atoms with Crippen LogP contribution < -0.4 is 10.6 Å². The van der Waals surface area contributed by atoms with Crippen molar-refractivity contribution in [1.29, 1.82) is 0 Å². The first-order valence-electron chi connectivity index (χ1n) is 7.77. The molecule has 23 heavy (non-hydrogen) atoms. The number of piperidine rings is 1. The summed E-state index contributed by atoms with van der Waals surface area (Å²) in [6.45, 7) is 6.10. The minimum Gasteiger partial charge on any atom is -0.349 e. The van der Waals surface area contributed by atoms with Gasteiger partial charge in [-0.1, -0.05) is 6.92 Å². The standard InChI is InChI=1S/C17H22N4O.ClH/c1-12-9-19-21(11-12)15-5-3-14(4-6-15)17(22)20-16-7-8-18-10-13(16)2;/h3-6,9,11,13,16,18H,7-8,10H2,1-2H3,(H,20,22);1H. The molecule has 0 saturated carbocycles. The fourth-order valence-corrected chi connectivity index (χ4v) is 2.80. The van der Waals surface area contributed by atoms with E-state index in [2.05, 4.69) is 22.7 Å². The Hall–Kier alpha value is -1.85. The molecular formula is C17H23ClN4O. The molecule has 5 nitrogen and oxygen atoms in total. The van der Waals surface area contributed by atoms with E-state index in [1.807, 2.05) is 48.3 Å². The highest BCUT2D eigenvalue weighted by Crippen LogP contribution is 2.13. The average molecular weight is 335 g/mol. The molecule has 1 aromatic heterocycles. The molecule has 2 atom stereocenters. The quantitative estimate of drug-likeness (QED) is 0.905. The molecule has 1 amide bonds. The van der Waals surface area contributed by atoms with E-state index in [4.69, 9.17) is 0 Å². The van der Waals surface area contributed by atoms with Gasteiger partial charge in [-0.2, -0.15) is 5.10 Å². The van der Waals surface area contributed by atoms with Crippen LogP contribution in [0, 0.1) is 12.8 Å². The summed E-state index contributed by atoms with van der Waals surface area (Å²) >= 11 is 0. The van der Waals surface area contributed by atoms with Crippen LogP contribution >= 0.6 is 12.4 Å². The van der Waals surface area contributed by atoms with Gasteiger partial charge in [-0.15, -0.1) is 12.4 Å². The number of benzene rings is 1. The first kappa shape index (κ1) is 17.5. The summed E-state index contributed by atoms with van der Waals surface area (Å²) in [6, 6.07) is 7.81. The SMILES string of the molecule is Cc1cnn(-c2ccc(C(=O)NC3CCNCC3C)cc2)c1.Cl. The summed E-state index contributed by atoms with van der Waals surface area (Å²) in [5, 5.41) is 10.8. The normalized spacial score (nSPS) is 20.6. The van der Waals surface area contributed by atoms with Crippen LogP contribution in [-0.2, 0) is 0 Å². The maximum absolute atomic E-state index is 12.4. The zero-order valence-electron chi connectivity index (χ0n) is 13.5. The van der Waals surface area contributed by atoms with Crippen molar-refractivity contribution in [2.75, 3.05) is 13.1 Å². The Balaban J connectivity index is 0.00000192. The average Bonchev–Trinajstić information content (AvgIpc) is 2.96. The van der Waals surface area contributed by atoms with Crippen molar-refractivity contribution in [2.45, 2.75) is 26.3 Å². The Morgan fingerprint density at radius 2 is 2.09 bits per heavy atom. The molecule has 1 saturated heterocycles. The van der Waals surface area contributed by atoms with Crippen LogP contribution in [0.4, 0.5) is 0 Å². The van der Waals surface area contributed by atoms with Gasteiger partial charge in [-0.05, 0) is 62.2 Å². The molecule has 6 heteroatoms. The van der Waals surface area contributed by atoms with E-state index in [0.717, 1.165) is 30.8 Å². The zero-order chi connectivity index (χ0) is 15.5. The lowest BCUT2D eigenvalue weighted by molar-refractivity contribution is 0.0914. The number of aromatic nitrogens is 2. The van der Waals surface area contributed by atoms with E-state index in [1.165, 1.54) is 0 Å². The molecule has 2 N–H and O–H groups in total. The second kappa shape index (κ2) is 7.62. The molecule has 124 valence electrons. The third-order valence-electron chi connectivity index (χ3n) is 4.21. The molecule has 1 fully saturated rings. The number of amides is 1. The Bertz CT molecular complexity index is 653. The van der Waals surface area contributed by atoms with Gasteiger partial charge in [0.05, 0.1) is 11.9 Å². The maximum Gasteiger partial charge on any atom is 0.251 e. The molecule has 3 rings (SSSR count). The molecule has 2 aromatic rings. The summed E-state index contributed by atoms with van der Waals surface area (Å²) in [5.41, 5.74) is 2.76. The molecule has 1 aliphatic heterocycles. The molecule has 0 radical (unpaired) electrons. The van der Waals surface area contributed by atoms with Gasteiger partial charge in [0.25, 0.3) is 5.91 Å². The van der Waals surface area contributed by atoms with Gasteiger partial charge in [0.2, 0.25) is 0 Å². The van der Waals surface area contributed by atoms with Gasteiger partial charge in [0.15, 0.2) is 0 Å². The van der Waals surface area contributed by atoms with E-state index in [0.29, 0.717) is 11.5 Å². The van der Waals surface area contributed by atoms with E-state index in [9.17, 15) is 4.79 Å². The summed E-state index contributed by atoms with van der Waals surface area (Å²) in [7, 11) is 0. The van der Waals surface area contributed by atoms with Crippen LogP contribution in [0.5, 0.6) is 0 Å². The van der Waals surface area contributed by atoms with Gasteiger partial charge >= 0.3 is 0 Å². The minimum absolute atomic E-state index is 0. The third-order valence-corrected chi connectivity index (χ3v) is 4.21. The summed E-state index contributed by atoms with van der Waals surface area (Å²) in [6.07, 6.45) is 4.77. The van der Waals surface area contributed by atoms with Crippen LogP contribution in [0.2, 0.25) is 0 Å². The van der Waals surface area contributed by atoms with E-state index >= 15 is 0 Å². The lowest BCUT2D eigenvalue weighted by atomic mass is 9.95. The topological polar surface area (TPSA) is 59.0 Å². The number of hydrogen-bond donors (Lipinski definition) is 2. The second-order valence-electron chi connectivity index (χ2n) is 6.06. The van der Waals surface area contributed by atoms with Crippen LogP contribution in [-0.4, -0.2) is 34.8 Å². The molecular weight excluding hydrogens is 312 g/mol. The van der Waals surface area contributed by atoms with Gasteiger partial charge < -0.3 is 10.6 Å². The van der Waals surface area contributed by atoms with Crippen molar-refractivity contribution >= 4 is 18.3 Å². The lowest BCUT2D eigenvalue weighted by Gasteiger charge is -2.30. The highest BCUT2D eigenvalue weighted by molar-refractivity contribution is 5.94. The predicted molar refractivity (Wildman–Crippen MR) is 93.5 cm³/mol. The summed E-state index contributed by atoms with van der Waals surface area (Å²) in [4.78, 5) is 12.4. The Labute approximate surface area is 142 Å². The van der Waals surface area contributed by atoms with Crippen molar-refractivity contribution in [3.05, 3.63) is 47.8 Å². The van der Waals surface area contributed by atoms with E-state index in [-0.39, 0.29) is 24.4 Å². The summed E-state index contributed by atoms with van der Waals surface area (Å²) < 4.78 is 1.81. The number of carbonyl (C=O) groups is 1. The number of halogens is 1. The van der Waals surface area contributed by atoms with Crippen molar-refractivity contribution < 1.29 is 4.79 Å². The largest absolute Gasteiger partial charge is 0.349 e. The van der Waals surface area contributed by atoms with Crippen molar-refractivity contribution in [2.24, 2.45) is 5.92 Å². The molecule has 0 bridgehead atoms. The van der Waals surface area contributed by atoms with Gasteiger partial charge in [0.1, 0.15) is 0 Å². The molecule has 0 spiro atoms. The Morgan fingerprint density at radius 1 is 1.35 bits per heavy atom. The monoisotopic (exact) mass is 334 g/mol. The molecule has 1 aromatic carbocycles.